The first-order valence-electron chi connectivity index (χ1n) is 4.99. The van der Waals surface area contributed by atoms with Gasteiger partial charge in [0.1, 0.15) is 6.04 Å². The molecule has 2 N–H and O–H groups in total. The zero-order valence-electron chi connectivity index (χ0n) is 9.20. The molecule has 0 bridgehead atoms. The Hall–Kier alpha value is -0.720. The first-order chi connectivity index (χ1) is 6.72. The SMILES string of the molecule is C#CCCCCCCC(N)C(=O)OC.Cl. The van der Waals surface area contributed by atoms with Gasteiger partial charge in [0.25, 0.3) is 0 Å². The van der Waals surface area contributed by atoms with Gasteiger partial charge in [-0.15, -0.1) is 24.8 Å². The maximum atomic E-state index is 10.9. The van der Waals surface area contributed by atoms with E-state index < -0.39 is 6.04 Å². The van der Waals surface area contributed by atoms with Crippen molar-refractivity contribution in [3.05, 3.63) is 0 Å². The number of ether oxygens (including phenoxy) is 1. The van der Waals surface area contributed by atoms with E-state index in [1.165, 1.54) is 7.11 Å². The molecule has 0 saturated carbocycles. The van der Waals surface area contributed by atoms with Gasteiger partial charge in [-0.25, -0.2) is 0 Å². The lowest BCUT2D eigenvalue weighted by molar-refractivity contribution is -0.142. The number of halogens is 1. The molecular weight excluding hydrogens is 214 g/mol. The number of carbonyl (C=O) groups excluding carboxylic acids is 1. The Morgan fingerprint density at radius 3 is 2.53 bits per heavy atom. The van der Waals surface area contributed by atoms with Crippen LogP contribution in [-0.4, -0.2) is 19.1 Å². The van der Waals surface area contributed by atoms with E-state index >= 15 is 0 Å². The van der Waals surface area contributed by atoms with Crippen LogP contribution in [0.2, 0.25) is 0 Å². The number of nitrogens with two attached hydrogens (primary N) is 1. The minimum absolute atomic E-state index is 0. The summed E-state index contributed by atoms with van der Waals surface area (Å²) in [5.74, 6) is 2.27. The highest BCUT2D eigenvalue weighted by Crippen LogP contribution is 2.06. The Labute approximate surface area is 98.2 Å². The lowest BCUT2D eigenvalue weighted by Crippen LogP contribution is -2.31. The molecular formula is C11H20ClNO2. The molecule has 15 heavy (non-hydrogen) atoms. The van der Waals surface area contributed by atoms with Crippen molar-refractivity contribution >= 4 is 18.4 Å². The number of methoxy groups -OCH3 is 1. The normalized spacial score (nSPS) is 11.0. The summed E-state index contributed by atoms with van der Waals surface area (Å²) >= 11 is 0. The standard InChI is InChI=1S/C11H19NO2.ClH/c1-3-4-5-6-7-8-9-10(12)11(13)14-2;/h1,10H,4-9,12H2,2H3;1H. The van der Waals surface area contributed by atoms with Crippen LogP contribution < -0.4 is 5.73 Å². The van der Waals surface area contributed by atoms with Crippen LogP contribution in [0.3, 0.4) is 0 Å². The Morgan fingerprint density at radius 1 is 1.40 bits per heavy atom. The summed E-state index contributed by atoms with van der Waals surface area (Å²) < 4.78 is 4.52. The molecule has 0 radical (unpaired) electrons. The molecule has 0 aliphatic carbocycles. The summed E-state index contributed by atoms with van der Waals surface area (Å²) in [7, 11) is 1.36. The Balaban J connectivity index is 0. The third-order valence-electron chi connectivity index (χ3n) is 2.09. The smallest absolute Gasteiger partial charge is 0.322 e. The molecule has 88 valence electrons. The number of hydrogen-bond donors (Lipinski definition) is 1. The molecule has 0 spiro atoms. The van der Waals surface area contributed by atoms with Gasteiger partial charge in [-0.1, -0.05) is 19.3 Å². The highest BCUT2D eigenvalue weighted by molar-refractivity contribution is 5.85. The maximum absolute atomic E-state index is 10.9. The molecule has 1 atom stereocenters. The number of esters is 1. The van der Waals surface area contributed by atoms with Crippen molar-refractivity contribution < 1.29 is 9.53 Å². The number of hydrogen-bond acceptors (Lipinski definition) is 3. The van der Waals surface area contributed by atoms with Crippen molar-refractivity contribution in [1.29, 1.82) is 0 Å². The minimum atomic E-state index is -0.465. The van der Waals surface area contributed by atoms with Gasteiger partial charge in [-0.2, -0.15) is 0 Å². The average molecular weight is 234 g/mol. The van der Waals surface area contributed by atoms with Crippen LogP contribution in [0.25, 0.3) is 0 Å². The van der Waals surface area contributed by atoms with Gasteiger partial charge in [0.2, 0.25) is 0 Å². The molecule has 0 saturated heterocycles. The molecule has 4 heteroatoms. The molecule has 0 fully saturated rings. The number of rotatable bonds is 7. The van der Waals surface area contributed by atoms with E-state index in [2.05, 4.69) is 10.7 Å². The quantitative estimate of drug-likeness (QED) is 0.415. The number of unbranched alkanes of at least 4 members (excludes halogenated alkanes) is 4. The molecule has 0 aromatic rings. The lowest BCUT2D eigenvalue weighted by atomic mass is 10.1. The second-order valence-corrected chi connectivity index (χ2v) is 3.29. The first-order valence-corrected chi connectivity index (χ1v) is 4.99. The minimum Gasteiger partial charge on any atom is -0.468 e. The summed E-state index contributed by atoms with van der Waals surface area (Å²) in [5.41, 5.74) is 5.56. The Morgan fingerprint density at radius 2 is 2.00 bits per heavy atom. The lowest BCUT2D eigenvalue weighted by Gasteiger charge is -2.07. The van der Waals surface area contributed by atoms with Crippen LogP contribution >= 0.6 is 12.4 Å². The Bertz CT molecular complexity index is 201. The van der Waals surface area contributed by atoms with Crippen LogP contribution in [0.5, 0.6) is 0 Å². The van der Waals surface area contributed by atoms with Crippen molar-refractivity contribution in [2.24, 2.45) is 5.73 Å². The van der Waals surface area contributed by atoms with Crippen LogP contribution in [0, 0.1) is 12.3 Å². The van der Waals surface area contributed by atoms with Gasteiger partial charge in [-0.05, 0) is 12.8 Å². The van der Waals surface area contributed by atoms with Crippen molar-refractivity contribution in [1.82, 2.24) is 0 Å². The topological polar surface area (TPSA) is 52.3 Å². The van der Waals surface area contributed by atoms with Crippen LogP contribution in [0.15, 0.2) is 0 Å². The van der Waals surface area contributed by atoms with Gasteiger partial charge in [0.05, 0.1) is 7.11 Å². The van der Waals surface area contributed by atoms with E-state index in [0.717, 1.165) is 32.1 Å². The van der Waals surface area contributed by atoms with Gasteiger partial charge in [0.15, 0.2) is 0 Å². The number of carbonyl (C=O) groups is 1. The zero-order valence-corrected chi connectivity index (χ0v) is 10.0. The van der Waals surface area contributed by atoms with Gasteiger partial charge in [0, 0.05) is 6.42 Å². The molecule has 0 aromatic carbocycles. The fourth-order valence-electron chi connectivity index (χ4n) is 1.21. The predicted octanol–water partition coefficient (Wildman–Crippen LogP) is 1.88. The second kappa shape index (κ2) is 11.4. The monoisotopic (exact) mass is 233 g/mol. The molecule has 0 aliphatic heterocycles. The van der Waals surface area contributed by atoms with E-state index in [1.807, 2.05) is 0 Å². The number of terminal acetylenes is 1. The van der Waals surface area contributed by atoms with E-state index in [-0.39, 0.29) is 18.4 Å². The summed E-state index contributed by atoms with van der Waals surface area (Å²) in [5, 5.41) is 0. The summed E-state index contributed by atoms with van der Waals surface area (Å²) in [6.45, 7) is 0. The third kappa shape index (κ3) is 9.58. The van der Waals surface area contributed by atoms with Gasteiger partial charge in [-0.3, -0.25) is 4.79 Å². The van der Waals surface area contributed by atoms with Crippen molar-refractivity contribution in [2.75, 3.05) is 7.11 Å². The van der Waals surface area contributed by atoms with Crippen molar-refractivity contribution in [3.8, 4) is 12.3 Å². The third-order valence-corrected chi connectivity index (χ3v) is 2.09. The molecule has 0 amide bonds. The highest BCUT2D eigenvalue weighted by atomic mass is 35.5. The van der Waals surface area contributed by atoms with Crippen LogP contribution in [0.1, 0.15) is 38.5 Å². The summed E-state index contributed by atoms with van der Waals surface area (Å²) in [4.78, 5) is 10.9. The van der Waals surface area contributed by atoms with Crippen LogP contribution in [-0.2, 0) is 9.53 Å². The molecule has 3 nitrogen and oxygen atoms in total. The fourth-order valence-corrected chi connectivity index (χ4v) is 1.21. The zero-order chi connectivity index (χ0) is 10.8. The van der Waals surface area contributed by atoms with Gasteiger partial charge < -0.3 is 10.5 Å². The molecule has 0 aliphatic rings. The van der Waals surface area contributed by atoms with E-state index in [4.69, 9.17) is 12.2 Å². The average Bonchev–Trinajstić information content (AvgIpc) is 2.21. The molecule has 0 rings (SSSR count). The largest absolute Gasteiger partial charge is 0.468 e. The van der Waals surface area contributed by atoms with E-state index in [9.17, 15) is 4.79 Å². The highest BCUT2D eigenvalue weighted by Gasteiger charge is 2.11. The summed E-state index contributed by atoms with van der Waals surface area (Å²) in [6.07, 6.45) is 10.9. The molecule has 1 unspecified atom stereocenters. The van der Waals surface area contributed by atoms with Crippen LogP contribution in [0.4, 0.5) is 0 Å². The predicted molar refractivity (Wildman–Crippen MR) is 63.8 cm³/mol. The Kier molecular flexibility index (Phi) is 12.6. The summed E-state index contributed by atoms with van der Waals surface area (Å²) in [6, 6.07) is -0.465. The molecule has 0 heterocycles. The molecule has 0 aromatic heterocycles. The van der Waals surface area contributed by atoms with Gasteiger partial charge >= 0.3 is 5.97 Å². The van der Waals surface area contributed by atoms with E-state index in [0.29, 0.717) is 6.42 Å². The van der Waals surface area contributed by atoms with Crippen molar-refractivity contribution in [2.45, 2.75) is 44.6 Å². The fraction of sp³-hybridized carbons (Fsp3) is 0.727. The first kappa shape index (κ1) is 16.7. The van der Waals surface area contributed by atoms with E-state index in [1.54, 1.807) is 0 Å². The second-order valence-electron chi connectivity index (χ2n) is 3.29. The van der Waals surface area contributed by atoms with Crippen molar-refractivity contribution in [3.63, 3.8) is 0 Å². The maximum Gasteiger partial charge on any atom is 0.322 e.